The van der Waals surface area contributed by atoms with Crippen LogP contribution in [-0.2, 0) is 7.05 Å². The molecule has 1 aromatic carbocycles. The maximum Gasteiger partial charge on any atom is 0.273 e. The molecule has 2 aromatic rings. The molecule has 0 radical (unpaired) electrons. The first-order chi connectivity index (χ1) is 11.5. The van der Waals surface area contributed by atoms with Crippen LogP contribution in [0.25, 0.3) is 0 Å². The molecule has 0 aliphatic carbocycles. The van der Waals surface area contributed by atoms with Gasteiger partial charge in [-0.05, 0) is 30.7 Å². The van der Waals surface area contributed by atoms with E-state index in [1.807, 2.05) is 48.2 Å². The number of aryl methyl sites for hydroxylation is 2. The van der Waals surface area contributed by atoms with E-state index in [-0.39, 0.29) is 5.56 Å². The average molecular weight is 322 g/mol. The minimum absolute atomic E-state index is 0.00562. The first-order valence-electron chi connectivity index (χ1n) is 8.20. The summed E-state index contributed by atoms with van der Waals surface area (Å²) < 4.78 is 1.58. The van der Waals surface area contributed by atoms with E-state index in [2.05, 4.69) is 11.8 Å². The summed E-state index contributed by atoms with van der Waals surface area (Å²) in [7, 11) is 1.75. The molecule has 0 amide bonds. The van der Waals surface area contributed by atoms with Crippen molar-refractivity contribution in [2.45, 2.75) is 25.4 Å². The highest BCUT2D eigenvalue weighted by atomic mass is 16.3. The highest BCUT2D eigenvalue weighted by Crippen LogP contribution is 2.24. The Morgan fingerprint density at radius 2 is 1.83 bits per heavy atom. The van der Waals surface area contributed by atoms with E-state index < -0.39 is 5.60 Å². The second kappa shape index (κ2) is 6.54. The Bertz CT molecular complexity index is 850. The lowest BCUT2D eigenvalue weighted by atomic mass is 9.91. The zero-order chi connectivity index (χ0) is 17.2. The van der Waals surface area contributed by atoms with Crippen molar-refractivity contribution in [3.63, 3.8) is 0 Å². The van der Waals surface area contributed by atoms with Gasteiger partial charge in [-0.3, -0.25) is 4.79 Å². The normalized spacial score (nSPS) is 16.4. The maximum atomic E-state index is 12.2. The third kappa shape index (κ3) is 3.37. The van der Waals surface area contributed by atoms with Crippen LogP contribution in [0.2, 0.25) is 0 Å². The number of benzene rings is 1. The number of nitrogens with zero attached hydrogens (tertiary/aromatic N) is 2. The largest absolute Gasteiger partial charge is 0.377 e. The molecule has 0 unspecified atom stereocenters. The fourth-order valence-electron chi connectivity index (χ4n) is 2.96. The molecule has 1 aliphatic heterocycles. The summed E-state index contributed by atoms with van der Waals surface area (Å²) in [4.78, 5) is 14.2. The number of pyridine rings is 1. The molecule has 1 aromatic heterocycles. The van der Waals surface area contributed by atoms with Crippen molar-refractivity contribution < 1.29 is 5.11 Å². The summed E-state index contributed by atoms with van der Waals surface area (Å²) >= 11 is 0. The smallest absolute Gasteiger partial charge is 0.273 e. The first-order valence-corrected chi connectivity index (χ1v) is 8.20. The van der Waals surface area contributed by atoms with Crippen molar-refractivity contribution in [1.82, 2.24) is 4.57 Å². The Balaban J connectivity index is 1.74. The molecular weight excluding hydrogens is 300 g/mol. The van der Waals surface area contributed by atoms with Gasteiger partial charge in [0.2, 0.25) is 0 Å². The van der Waals surface area contributed by atoms with Gasteiger partial charge in [-0.2, -0.15) is 0 Å². The van der Waals surface area contributed by atoms with E-state index >= 15 is 0 Å². The van der Waals surface area contributed by atoms with Gasteiger partial charge in [-0.1, -0.05) is 30.0 Å². The van der Waals surface area contributed by atoms with Gasteiger partial charge >= 0.3 is 0 Å². The molecule has 1 saturated heterocycles. The summed E-state index contributed by atoms with van der Waals surface area (Å²) in [6.45, 7) is 3.26. The van der Waals surface area contributed by atoms with Crippen molar-refractivity contribution in [3.05, 3.63) is 64.1 Å². The second-order valence-electron chi connectivity index (χ2n) is 6.39. The van der Waals surface area contributed by atoms with Crippen molar-refractivity contribution in [1.29, 1.82) is 0 Å². The number of aromatic nitrogens is 1. The van der Waals surface area contributed by atoms with Crippen molar-refractivity contribution >= 4 is 5.69 Å². The lowest BCUT2D eigenvalue weighted by molar-refractivity contribution is 0.0746. The summed E-state index contributed by atoms with van der Waals surface area (Å²) in [5, 5.41) is 10.7. The van der Waals surface area contributed by atoms with Crippen LogP contribution >= 0.6 is 0 Å². The number of anilines is 1. The maximum absolute atomic E-state index is 12.2. The third-order valence-electron chi connectivity index (χ3n) is 4.61. The number of aliphatic hydroxyl groups is 1. The molecule has 4 heteroatoms. The molecule has 0 spiro atoms. The van der Waals surface area contributed by atoms with Crippen LogP contribution in [0.1, 0.15) is 24.0 Å². The van der Waals surface area contributed by atoms with Crippen LogP contribution < -0.4 is 10.5 Å². The van der Waals surface area contributed by atoms with Gasteiger partial charge in [0.25, 0.3) is 5.56 Å². The third-order valence-corrected chi connectivity index (χ3v) is 4.61. The van der Waals surface area contributed by atoms with Gasteiger partial charge < -0.3 is 14.6 Å². The topological polar surface area (TPSA) is 45.5 Å². The Morgan fingerprint density at radius 1 is 1.12 bits per heavy atom. The van der Waals surface area contributed by atoms with Crippen molar-refractivity contribution in [2.75, 3.05) is 18.0 Å². The fraction of sp³-hybridized carbons (Fsp3) is 0.350. The predicted molar refractivity (Wildman–Crippen MR) is 96.1 cm³/mol. The SMILES string of the molecule is Cc1ccccc1C#CC1(O)CCN(c2cccn(C)c2=O)CC1. The van der Waals surface area contributed by atoms with Crippen LogP contribution in [0.15, 0.2) is 47.4 Å². The van der Waals surface area contributed by atoms with Gasteiger partial charge in [0, 0.05) is 44.7 Å². The molecular formula is C20H22N2O2. The fourth-order valence-corrected chi connectivity index (χ4v) is 2.96. The predicted octanol–water partition coefficient (Wildman–Crippen LogP) is 2.08. The van der Waals surface area contributed by atoms with E-state index in [1.54, 1.807) is 17.8 Å². The highest BCUT2D eigenvalue weighted by molar-refractivity contribution is 5.46. The van der Waals surface area contributed by atoms with Gasteiger partial charge in [0.15, 0.2) is 0 Å². The lowest BCUT2D eigenvalue weighted by Crippen LogP contribution is -2.45. The molecule has 0 saturated carbocycles. The van der Waals surface area contributed by atoms with Gasteiger partial charge in [0.05, 0.1) is 0 Å². The minimum atomic E-state index is -0.987. The van der Waals surface area contributed by atoms with Gasteiger partial charge in [-0.15, -0.1) is 0 Å². The van der Waals surface area contributed by atoms with Crippen LogP contribution in [0, 0.1) is 18.8 Å². The average Bonchev–Trinajstić information content (AvgIpc) is 2.58. The Labute approximate surface area is 142 Å². The van der Waals surface area contributed by atoms with E-state index in [9.17, 15) is 9.90 Å². The molecule has 2 heterocycles. The van der Waals surface area contributed by atoms with Crippen LogP contribution in [0.5, 0.6) is 0 Å². The van der Waals surface area contributed by atoms with E-state index in [0.717, 1.165) is 11.1 Å². The molecule has 1 fully saturated rings. The standard InChI is InChI=1S/C20H22N2O2/c1-16-6-3-4-7-17(16)9-10-20(24)11-14-22(15-12-20)18-8-5-13-21(2)19(18)23/h3-8,13,24H,11-12,14-15H2,1-2H3. The number of hydrogen-bond acceptors (Lipinski definition) is 3. The van der Waals surface area contributed by atoms with E-state index in [1.165, 1.54) is 0 Å². The number of rotatable bonds is 1. The molecule has 1 aliphatic rings. The number of hydrogen-bond donors (Lipinski definition) is 1. The molecule has 0 bridgehead atoms. The second-order valence-corrected chi connectivity index (χ2v) is 6.39. The van der Waals surface area contributed by atoms with Crippen molar-refractivity contribution in [2.24, 2.45) is 7.05 Å². The quantitative estimate of drug-likeness (QED) is 0.818. The molecule has 0 atom stereocenters. The van der Waals surface area contributed by atoms with E-state index in [4.69, 9.17) is 0 Å². The molecule has 124 valence electrons. The minimum Gasteiger partial charge on any atom is -0.377 e. The zero-order valence-electron chi connectivity index (χ0n) is 14.1. The van der Waals surface area contributed by atoms with Crippen LogP contribution in [0.3, 0.4) is 0 Å². The summed E-state index contributed by atoms with van der Waals surface area (Å²) in [5.74, 6) is 6.16. The van der Waals surface area contributed by atoms with Crippen molar-refractivity contribution in [3.8, 4) is 11.8 Å². The zero-order valence-corrected chi connectivity index (χ0v) is 14.1. The monoisotopic (exact) mass is 322 g/mol. The summed E-state index contributed by atoms with van der Waals surface area (Å²) in [6, 6.07) is 11.6. The van der Waals surface area contributed by atoms with Gasteiger partial charge in [0.1, 0.15) is 11.3 Å². The van der Waals surface area contributed by atoms with Crippen LogP contribution in [0.4, 0.5) is 5.69 Å². The van der Waals surface area contributed by atoms with Crippen LogP contribution in [-0.4, -0.2) is 28.4 Å². The van der Waals surface area contributed by atoms with E-state index in [0.29, 0.717) is 31.6 Å². The molecule has 4 nitrogen and oxygen atoms in total. The Hall–Kier alpha value is -2.51. The lowest BCUT2D eigenvalue weighted by Gasteiger charge is -2.36. The Kier molecular flexibility index (Phi) is 4.46. The number of piperidine rings is 1. The summed E-state index contributed by atoms with van der Waals surface area (Å²) in [5.41, 5.74) is 1.76. The highest BCUT2D eigenvalue weighted by Gasteiger charge is 2.31. The Morgan fingerprint density at radius 3 is 2.54 bits per heavy atom. The first kappa shape index (κ1) is 16.4. The molecule has 1 N–H and O–H groups in total. The summed E-state index contributed by atoms with van der Waals surface area (Å²) in [6.07, 6.45) is 2.81. The molecule has 24 heavy (non-hydrogen) atoms. The molecule has 3 rings (SSSR count). The van der Waals surface area contributed by atoms with Gasteiger partial charge in [-0.25, -0.2) is 0 Å².